The van der Waals surface area contributed by atoms with Gasteiger partial charge in [-0.3, -0.25) is 4.68 Å². The van der Waals surface area contributed by atoms with Crippen LogP contribution in [0.1, 0.15) is 50.9 Å². The predicted molar refractivity (Wildman–Crippen MR) is 91.2 cm³/mol. The molecule has 0 fully saturated rings. The molecule has 0 aliphatic carbocycles. The van der Waals surface area contributed by atoms with E-state index in [0.29, 0.717) is 6.04 Å². The maximum Gasteiger partial charge on any atom is 0.0646 e. The van der Waals surface area contributed by atoms with Crippen molar-refractivity contribution in [2.75, 3.05) is 0 Å². The Morgan fingerprint density at radius 1 is 1.19 bits per heavy atom. The van der Waals surface area contributed by atoms with Gasteiger partial charge in [0.2, 0.25) is 0 Å². The summed E-state index contributed by atoms with van der Waals surface area (Å²) in [5, 5.41) is 4.71. The first-order chi connectivity index (χ1) is 9.96. The molecule has 2 aromatic rings. The molecular weight excluding hydrogens is 326 g/mol. The van der Waals surface area contributed by atoms with Crippen molar-refractivity contribution in [3.63, 3.8) is 0 Å². The summed E-state index contributed by atoms with van der Waals surface area (Å²) in [6, 6.07) is 10.8. The second-order valence-electron chi connectivity index (χ2n) is 5.86. The molecule has 1 aromatic carbocycles. The molecule has 0 aliphatic heterocycles. The van der Waals surface area contributed by atoms with Gasteiger partial charge in [0, 0.05) is 22.6 Å². The van der Waals surface area contributed by atoms with Crippen molar-refractivity contribution in [2.45, 2.75) is 51.6 Å². The Labute approximate surface area is 135 Å². The number of hydrogen-bond acceptors (Lipinski definition) is 2. The van der Waals surface area contributed by atoms with Crippen molar-refractivity contribution < 1.29 is 0 Å². The van der Waals surface area contributed by atoms with Gasteiger partial charge < -0.3 is 5.73 Å². The smallest absolute Gasteiger partial charge is 0.0646 e. The summed E-state index contributed by atoms with van der Waals surface area (Å²) in [6.45, 7) is 6.46. The van der Waals surface area contributed by atoms with E-state index in [9.17, 15) is 0 Å². The second kappa shape index (κ2) is 6.75. The average Bonchev–Trinajstić information content (AvgIpc) is 2.88. The lowest BCUT2D eigenvalue weighted by molar-refractivity contribution is 0.417. The maximum absolute atomic E-state index is 6.51. The molecule has 0 spiro atoms. The van der Waals surface area contributed by atoms with Crippen molar-refractivity contribution in [2.24, 2.45) is 5.73 Å². The van der Waals surface area contributed by atoms with Gasteiger partial charge in [0.1, 0.15) is 0 Å². The van der Waals surface area contributed by atoms with Gasteiger partial charge >= 0.3 is 0 Å². The molecule has 0 radical (unpaired) electrons. The van der Waals surface area contributed by atoms with Crippen LogP contribution in [0.15, 0.2) is 41.0 Å². The van der Waals surface area contributed by atoms with E-state index in [1.165, 1.54) is 0 Å². The standard InChI is InChI=1S/C17H24BrN3/c1-4-16(5-2)21-11-10-15(20-21)12-17(3,19)13-6-8-14(18)9-7-13/h6-11,16H,4-5,12,19H2,1-3H3. The van der Waals surface area contributed by atoms with Crippen LogP contribution < -0.4 is 5.73 Å². The number of halogens is 1. The van der Waals surface area contributed by atoms with Crippen LogP contribution in [0.2, 0.25) is 0 Å². The highest BCUT2D eigenvalue weighted by Gasteiger charge is 2.23. The first kappa shape index (κ1) is 16.2. The van der Waals surface area contributed by atoms with Gasteiger partial charge in [-0.05, 0) is 43.5 Å². The highest BCUT2D eigenvalue weighted by atomic mass is 79.9. The van der Waals surface area contributed by atoms with Crippen LogP contribution in [0.5, 0.6) is 0 Å². The van der Waals surface area contributed by atoms with Gasteiger partial charge in [0.15, 0.2) is 0 Å². The van der Waals surface area contributed by atoms with E-state index in [2.05, 4.69) is 65.8 Å². The summed E-state index contributed by atoms with van der Waals surface area (Å²) >= 11 is 3.46. The third-order valence-electron chi connectivity index (χ3n) is 4.03. The number of nitrogens with zero attached hydrogens (tertiary/aromatic N) is 2. The number of benzene rings is 1. The third-order valence-corrected chi connectivity index (χ3v) is 4.56. The molecule has 1 atom stereocenters. The van der Waals surface area contributed by atoms with E-state index in [1.54, 1.807) is 0 Å². The van der Waals surface area contributed by atoms with E-state index >= 15 is 0 Å². The Balaban J connectivity index is 2.15. The second-order valence-corrected chi connectivity index (χ2v) is 6.77. The fourth-order valence-electron chi connectivity index (χ4n) is 2.65. The lowest BCUT2D eigenvalue weighted by Gasteiger charge is -2.24. The molecule has 1 aromatic heterocycles. The first-order valence-corrected chi connectivity index (χ1v) is 8.34. The predicted octanol–water partition coefficient (Wildman–Crippen LogP) is 4.42. The fraction of sp³-hybridized carbons (Fsp3) is 0.471. The summed E-state index contributed by atoms with van der Waals surface area (Å²) in [5.74, 6) is 0. The fourth-order valence-corrected chi connectivity index (χ4v) is 2.91. The molecule has 1 unspecified atom stereocenters. The van der Waals surface area contributed by atoms with Crippen molar-refractivity contribution in [3.8, 4) is 0 Å². The first-order valence-electron chi connectivity index (χ1n) is 7.55. The van der Waals surface area contributed by atoms with Crippen LogP contribution in [-0.4, -0.2) is 9.78 Å². The average molecular weight is 350 g/mol. The Morgan fingerprint density at radius 2 is 1.81 bits per heavy atom. The van der Waals surface area contributed by atoms with E-state index in [1.807, 2.05) is 12.1 Å². The van der Waals surface area contributed by atoms with Crippen LogP contribution in [0, 0.1) is 0 Å². The zero-order valence-corrected chi connectivity index (χ0v) is 14.6. The number of nitrogens with two attached hydrogens (primary N) is 1. The lowest BCUT2D eigenvalue weighted by Crippen LogP contribution is -2.35. The van der Waals surface area contributed by atoms with Crippen LogP contribution in [-0.2, 0) is 12.0 Å². The lowest BCUT2D eigenvalue weighted by atomic mass is 9.88. The largest absolute Gasteiger partial charge is 0.321 e. The Hall–Kier alpha value is -1.13. The summed E-state index contributed by atoms with van der Waals surface area (Å²) in [4.78, 5) is 0. The van der Waals surface area contributed by atoms with Crippen LogP contribution in [0.25, 0.3) is 0 Å². The number of hydrogen-bond donors (Lipinski definition) is 1. The summed E-state index contributed by atoms with van der Waals surface area (Å²) < 4.78 is 3.15. The molecule has 21 heavy (non-hydrogen) atoms. The van der Waals surface area contributed by atoms with E-state index in [0.717, 1.165) is 35.0 Å². The number of aromatic nitrogens is 2. The molecule has 0 aliphatic rings. The monoisotopic (exact) mass is 349 g/mol. The van der Waals surface area contributed by atoms with Gasteiger partial charge in [-0.15, -0.1) is 0 Å². The Kier molecular flexibility index (Phi) is 5.22. The van der Waals surface area contributed by atoms with E-state index in [-0.39, 0.29) is 0 Å². The van der Waals surface area contributed by atoms with Gasteiger partial charge in [0.25, 0.3) is 0 Å². The highest BCUT2D eigenvalue weighted by molar-refractivity contribution is 9.10. The van der Waals surface area contributed by atoms with Gasteiger partial charge in [0.05, 0.1) is 11.7 Å². The highest BCUT2D eigenvalue weighted by Crippen LogP contribution is 2.24. The number of rotatable bonds is 6. The van der Waals surface area contributed by atoms with Crippen molar-refractivity contribution >= 4 is 15.9 Å². The third kappa shape index (κ3) is 3.95. The van der Waals surface area contributed by atoms with Gasteiger partial charge in [-0.2, -0.15) is 5.10 Å². The van der Waals surface area contributed by atoms with Crippen molar-refractivity contribution in [1.29, 1.82) is 0 Å². The summed E-state index contributed by atoms with van der Waals surface area (Å²) in [5.41, 5.74) is 8.28. The summed E-state index contributed by atoms with van der Waals surface area (Å²) in [6.07, 6.45) is 5.01. The zero-order chi connectivity index (χ0) is 15.5. The molecule has 2 rings (SSSR count). The van der Waals surface area contributed by atoms with Crippen molar-refractivity contribution in [3.05, 3.63) is 52.3 Å². The minimum atomic E-state index is -0.409. The Morgan fingerprint density at radius 3 is 2.38 bits per heavy atom. The topological polar surface area (TPSA) is 43.8 Å². The van der Waals surface area contributed by atoms with E-state index < -0.39 is 5.54 Å². The molecule has 0 saturated carbocycles. The molecule has 0 amide bonds. The van der Waals surface area contributed by atoms with E-state index in [4.69, 9.17) is 10.8 Å². The summed E-state index contributed by atoms with van der Waals surface area (Å²) in [7, 11) is 0. The minimum Gasteiger partial charge on any atom is -0.321 e. The minimum absolute atomic E-state index is 0.409. The molecule has 1 heterocycles. The van der Waals surface area contributed by atoms with Gasteiger partial charge in [-0.1, -0.05) is 41.9 Å². The normalized spacial score (nSPS) is 14.4. The van der Waals surface area contributed by atoms with Crippen LogP contribution >= 0.6 is 15.9 Å². The molecule has 0 bridgehead atoms. The molecule has 0 saturated heterocycles. The quantitative estimate of drug-likeness (QED) is 0.838. The Bertz CT molecular complexity index is 568. The molecule has 4 heteroatoms. The molecule has 3 nitrogen and oxygen atoms in total. The SMILES string of the molecule is CCC(CC)n1ccc(CC(C)(N)c2ccc(Br)cc2)n1. The molecule has 114 valence electrons. The molecule has 2 N–H and O–H groups in total. The maximum atomic E-state index is 6.51. The van der Waals surface area contributed by atoms with Crippen molar-refractivity contribution in [1.82, 2.24) is 9.78 Å². The molecular formula is C17H24BrN3. The van der Waals surface area contributed by atoms with Crippen LogP contribution in [0.3, 0.4) is 0 Å². The zero-order valence-electron chi connectivity index (χ0n) is 13.0. The van der Waals surface area contributed by atoms with Crippen LogP contribution in [0.4, 0.5) is 0 Å². The van der Waals surface area contributed by atoms with Gasteiger partial charge in [-0.25, -0.2) is 0 Å².